The first-order valence-corrected chi connectivity index (χ1v) is 12.5. The molecule has 1 unspecified atom stereocenters. The number of rotatable bonds is 7. The molecule has 3 saturated heterocycles. The van der Waals surface area contributed by atoms with Crippen LogP contribution < -0.4 is 5.32 Å². The fourth-order valence-corrected chi connectivity index (χ4v) is 5.80. The Bertz CT molecular complexity index is 1260. The van der Waals surface area contributed by atoms with Gasteiger partial charge in [-0.25, -0.2) is 4.79 Å². The van der Waals surface area contributed by atoms with Gasteiger partial charge in [0, 0.05) is 35.4 Å². The summed E-state index contributed by atoms with van der Waals surface area (Å²) in [5, 5.41) is 18.7. The molecular formula is C27H29ClN3O5+. The van der Waals surface area contributed by atoms with E-state index in [0.717, 1.165) is 25.9 Å². The van der Waals surface area contributed by atoms with Crippen molar-refractivity contribution in [2.24, 2.45) is 5.92 Å². The summed E-state index contributed by atoms with van der Waals surface area (Å²) in [6.07, 6.45) is 1.26. The summed E-state index contributed by atoms with van der Waals surface area (Å²) in [4.78, 5) is 26.5. The van der Waals surface area contributed by atoms with E-state index in [4.69, 9.17) is 20.9 Å². The van der Waals surface area contributed by atoms with Crippen molar-refractivity contribution in [1.82, 2.24) is 5.16 Å². The molecule has 3 aliphatic heterocycles. The SMILES string of the molecule is Cc1cc(NC(=O)C[N+]23CCC(CC2)C(OC(=O)[C@@](O)(c2ccccc2)c2ccccc2Cl)C3)no1. The van der Waals surface area contributed by atoms with Crippen molar-refractivity contribution in [3.8, 4) is 0 Å². The van der Waals surface area contributed by atoms with E-state index in [1.165, 1.54) is 0 Å². The summed E-state index contributed by atoms with van der Waals surface area (Å²) in [5.41, 5.74) is -1.40. The Morgan fingerprint density at radius 2 is 1.86 bits per heavy atom. The van der Waals surface area contributed by atoms with Crippen molar-refractivity contribution < 1.29 is 28.4 Å². The number of aliphatic hydroxyl groups is 1. The Labute approximate surface area is 214 Å². The molecule has 0 aliphatic carbocycles. The zero-order valence-electron chi connectivity index (χ0n) is 20.0. The molecule has 9 heteroatoms. The van der Waals surface area contributed by atoms with Gasteiger partial charge >= 0.3 is 5.97 Å². The molecule has 1 aromatic heterocycles. The first-order valence-electron chi connectivity index (χ1n) is 12.1. The zero-order chi connectivity index (χ0) is 25.3. The van der Waals surface area contributed by atoms with Crippen LogP contribution in [0.25, 0.3) is 0 Å². The van der Waals surface area contributed by atoms with Crippen LogP contribution >= 0.6 is 11.6 Å². The molecular weight excluding hydrogens is 482 g/mol. The van der Waals surface area contributed by atoms with Gasteiger partial charge in [-0.05, 0) is 18.6 Å². The highest BCUT2D eigenvalue weighted by Crippen LogP contribution is 2.39. The van der Waals surface area contributed by atoms with Crippen LogP contribution in [0.1, 0.15) is 29.7 Å². The van der Waals surface area contributed by atoms with E-state index in [9.17, 15) is 14.7 Å². The van der Waals surface area contributed by atoms with E-state index in [0.29, 0.717) is 28.2 Å². The lowest BCUT2D eigenvalue weighted by Crippen LogP contribution is -2.66. The van der Waals surface area contributed by atoms with Gasteiger partial charge in [-0.2, -0.15) is 0 Å². The third-order valence-corrected chi connectivity index (χ3v) is 7.75. The van der Waals surface area contributed by atoms with E-state index in [-0.39, 0.29) is 29.0 Å². The minimum absolute atomic E-state index is 0.161. The number of aryl methyl sites for hydroxylation is 1. The van der Waals surface area contributed by atoms with Gasteiger partial charge in [-0.3, -0.25) is 4.79 Å². The molecule has 4 heterocycles. The third-order valence-electron chi connectivity index (χ3n) is 7.42. The molecule has 3 aliphatic rings. The lowest BCUT2D eigenvalue weighted by atomic mass is 9.82. The predicted octanol–water partition coefficient (Wildman–Crippen LogP) is 3.66. The van der Waals surface area contributed by atoms with E-state index in [1.54, 1.807) is 61.5 Å². The van der Waals surface area contributed by atoms with Crippen LogP contribution in [-0.2, 0) is 19.9 Å². The Morgan fingerprint density at radius 3 is 2.53 bits per heavy atom. The van der Waals surface area contributed by atoms with Crippen LogP contribution in [0.3, 0.4) is 0 Å². The van der Waals surface area contributed by atoms with Crippen LogP contribution in [0, 0.1) is 12.8 Å². The Morgan fingerprint density at radius 1 is 1.17 bits per heavy atom. The van der Waals surface area contributed by atoms with Crippen molar-refractivity contribution >= 4 is 29.3 Å². The number of anilines is 1. The highest BCUT2D eigenvalue weighted by atomic mass is 35.5. The molecule has 0 radical (unpaired) electrons. The number of benzene rings is 2. The van der Waals surface area contributed by atoms with Crippen LogP contribution in [0.4, 0.5) is 5.82 Å². The van der Waals surface area contributed by atoms with Gasteiger partial charge in [0.05, 0.1) is 13.1 Å². The maximum absolute atomic E-state index is 13.7. The average molecular weight is 511 g/mol. The molecule has 2 N–H and O–H groups in total. The highest BCUT2D eigenvalue weighted by Gasteiger charge is 2.51. The monoisotopic (exact) mass is 510 g/mol. The lowest BCUT2D eigenvalue weighted by Gasteiger charge is -2.51. The van der Waals surface area contributed by atoms with E-state index in [1.807, 2.05) is 6.07 Å². The molecule has 6 rings (SSSR count). The standard InChI is InChI=1S/C27H28ClN3O5/c1-18-15-24(30-36-18)29-25(32)17-31-13-11-19(12-14-31)23(16-31)35-26(33)27(34,20-7-3-2-4-8-20)21-9-5-6-10-22(21)28/h2-10,15,19,23,34H,11-14,16-17H2,1H3/p+1/t19?,23?,27-,31?/m1/s1. The average Bonchev–Trinajstić information content (AvgIpc) is 3.28. The fraction of sp³-hybridized carbons (Fsp3) is 0.370. The number of carbonyl (C=O) groups is 2. The minimum Gasteiger partial charge on any atom is -0.453 e. The smallest absolute Gasteiger partial charge is 0.348 e. The first kappa shape index (κ1) is 24.5. The van der Waals surface area contributed by atoms with Crippen molar-refractivity contribution in [3.63, 3.8) is 0 Å². The number of aromatic nitrogens is 1. The molecule has 0 spiro atoms. The van der Waals surface area contributed by atoms with E-state index in [2.05, 4.69) is 10.5 Å². The third kappa shape index (κ3) is 4.64. The number of nitrogens with zero attached hydrogens (tertiary/aromatic N) is 2. The maximum Gasteiger partial charge on any atom is 0.348 e. The molecule has 2 atom stereocenters. The number of carbonyl (C=O) groups excluding carboxylic acids is 2. The summed E-state index contributed by atoms with van der Waals surface area (Å²) in [7, 11) is 0. The Kier molecular flexibility index (Phi) is 6.59. The number of ether oxygens (including phenoxy) is 1. The van der Waals surface area contributed by atoms with Gasteiger partial charge in [0.1, 0.15) is 12.3 Å². The van der Waals surface area contributed by atoms with Gasteiger partial charge in [-0.1, -0.05) is 65.3 Å². The second-order valence-electron chi connectivity index (χ2n) is 9.84. The number of hydrogen-bond acceptors (Lipinski definition) is 6. The molecule has 8 nitrogen and oxygen atoms in total. The molecule has 2 bridgehead atoms. The van der Waals surface area contributed by atoms with Crippen molar-refractivity contribution in [3.05, 3.63) is 82.6 Å². The minimum atomic E-state index is -2.06. The zero-order valence-corrected chi connectivity index (χ0v) is 20.8. The van der Waals surface area contributed by atoms with Gasteiger partial charge in [0.25, 0.3) is 5.91 Å². The summed E-state index contributed by atoms with van der Waals surface area (Å²) in [6, 6.07) is 17.1. The van der Waals surface area contributed by atoms with E-state index < -0.39 is 17.7 Å². The number of quaternary nitrogens is 1. The normalized spacial score (nSPS) is 24.6. The van der Waals surface area contributed by atoms with Crippen molar-refractivity contribution in [2.45, 2.75) is 31.5 Å². The number of piperidine rings is 3. The second-order valence-corrected chi connectivity index (χ2v) is 10.2. The number of fused-ring (bicyclic) bond motifs is 3. The number of halogens is 1. The first-order chi connectivity index (χ1) is 17.3. The number of esters is 1. The Balaban J connectivity index is 1.36. The maximum atomic E-state index is 13.7. The molecule has 2 aromatic carbocycles. The van der Waals surface area contributed by atoms with Gasteiger partial charge < -0.3 is 24.2 Å². The second kappa shape index (κ2) is 9.69. The van der Waals surface area contributed by atoms with E-state index >= 15 is 0 Å². The van der Waals surface area contributed by atoms with Crippen LogP contribution in [0.5, 0.6) is 0 Å². The molecule has 0 saturated carbocycles. The fourth-order valence-electron chi connectivity index (χ4n) is 5.53. The Hall–Kier alpha value is -3.20. The molecule has 3 fully saturated rings. The molecule has 36 heavy (non-hydrogen) atoms. The van der Waals surface area contributed by atoms with Crippen LogP contribution in [-0.4, -0.2) is 58.9 Å². The summed E-state index contributed by atoms with van der Waals surface area (Å²) in [6.45, 7) is 4.18. The van der Waals surface area contributed by atoms with Gasteiger partial charge in [-0.15, -0.1) is 0 Å². The molecule has 3 aromatic rings. The number of nitrogens with one attached hydrogen (secondary N) is 1. The lowest BCUT2D eigenvalue weighted by molar-refractivity contribution is -0.939. The van der Waals surface area contributed by atoms with Gasteiger partial charge in [0.15, 0.2) is 18.5 Å². The number of amides is 1. The summed E-state index contributed by atoms with van der Waals surface area (Å²) >= 11 is 6.43. The van der Waals surface area contributed by atoms with Crippen LogP contribution in [0.15, 0.2) is 65.2 Å². The molecule has 1 amide bonds. The molecule has 188 valence electrons. The summed E-state index contributed by atoms with van der Waals surface area (Å²) in [5.74, 6) is 0.263. The van der Waals surface area contributed by atoms with Gasteiger partial charge in [0.2, 0.25) is 5.60 Å². The summed E-state index contributed by atoms with van der Waals surface area (Å²) < 4.78 is 11.6. The highest BCUT2D eigenvalue weighted by molar-refractivity contribution is 6.31. The van der Waals surface area contributed by atoms with Crippen LogP contribution in [0.2, 0.25) is 5.02 Å². The van der Waals surface area contributed by atoms with Crippen molar-refractivity contribution in [1.29, 1.82) is 0 Å². The predicted molar refractivity (Wildman–Crippen MR) is 133 cm³/mol. The number of hydrogen-bond donors (Lipinski definition) is 2. The topological polar surface area (TPSA) is 102 Å². The van der Waals surface area contributed by atoms with Crippen molar-refractivity contribution in [2.75, 3.05) is 31.5 Å². The largest absolute Gasteiger partial charge is 0.453 e. The quantitative estimate of drug-likeness (QED) is 0.371.